The fourth-order valence-corrected chi connectivity index (χ4v) is 28.4. The summed E-state index contributed by atoms with van der Waals surface area (Å²) in [5.41, 5.74) is 37.8. The molecule has 10 aliphatic rings. The summed E-state index contributed by atoms with van der Waals surface area (Å²) in [4.78, 5) is 15.6. The Hall–Kier alpha value is -15.1. The molecule has 0 unspecified atom stereocenters. The van der Waals surface area contributed by atoms with E-state index in [4.69, 9.17) is 15.0 Å². The van der Waals surface area contributed by atoms with Crippen LogP contribution in [0.3, 0.4) is 0 Å². The van der Waals surface area contributed by atoms with E-state index >= 15 is 0 Å². The molecule has 0 amide bonds. The van der Waals surface area contributed by atoms with Crippen LogP contribution in [0.15, 0.2) is 394 Å². The van der Waals surface area contributed by atoms with E-state index in [0.29, 0.717) is 5.82 Å². The number of hydrogen-bond acceptors (Lipinski definition) is 3. The van der Waals surface area contributed by atoms with Gasteiger partial charge in [-0.3, -0.25) is 4.57 Å². The van der Waals surface area contributed by atoms with Crippen LogP contribution in [0.4, 0.5) is 0 Å². The third-order valence-electron chi connectivity index (χ3n) is 33.2. The standard InChI is InChI=1S/C63H47N3.C62H46N4/c1-3-13-41(14-4-1)57-37-48(38-58(64-57)42-15-5-2-6-16-42)66-60-22-12-9-19-52(60)54-35-44(24-28-62(54)66)43-23-27-61-53(34-43)51-18-8-11-21-59(51)65(61)47-25-26-50-49-17-7-10-20-55(49)63(56(50)36-47)45-30-39-29-40(32-45)33-46(63)31-39;1-3-13-40(14-4-1)55-37-60(64-61(63-55)41-15-5-2-6-16-41)66-57-22-12-9-19-50(57)52-35-43(24-28-59(52)66)42-23-27-58-51(34-42)49-18-8-11-21-56(49)65(58)46-25-26-48-47-17-7-10-20-53(47)62(54(48)36-46)44-30-38-29-39(32-44)33-45(62)31-38/h1-28,34-40,45-46H,29-33H2;1-28,34-39,44-45H,29-33H2. The molecule has 0 atom stereocenters. The van der Waals surface area contributed by atoms with Crippen molar-refractivity contribution in [3.8, 4) is 113 Å². The van der Waals surface area contributed by atoms with Crippen LogP contribution in [0.1, 0.15) is 86.5 Å². The lowest BCUT2D eigenvalue weighted by molar-refractivity contribution is -0.0399. The molecule has 8 saturated carbocycles. The van der Waals surface area contributed by atoms with E-state index < -0.39 is 0 Å². The van der Waals surface area contributed by atoms with Crippen LogP contribution >= 0.6 is 0 Å². The Kier molecular flexibility index (Phi) is 16.3. The van der Waals surface area contributed by atoms with Gasteiger partial charge in [0.25, 0.3) is 0 Å². The molecule has 7 nitrogen and oxygen atoms in total. The molecule has 8 fully saturated rings. The maximum atomic E-state index is 5.27. The summed E-state index contributed by atoms with van der Waals surface area (Å²) in [5, 5.41) is 10.0. The van der Waals surface area contributed by atoms with Gasteiger partial charge in [-0.25, -0.2) is 15.0 Å². The summed E-state index contributed by atoms with van der Waals surface area (Å²) in [6.45, 7) is 0. The summed E-state index contributed by atoms with van der Waals surface area (Å²) >= 11 is 0. The lowest BCUT2D eigenvalue weighted by Gasteiger charge is -2.61. The van der Waals surface area contributed by atoms with Crippen molar-refractivity contribution in [1.82, 2.24) is 33.2 Å². The Morgan fingerprint density at radius 1 is 0.189 bits per heavy atom. The fraction of sp³-hybridized carbons (Fsp3) is 0.160. The highest BCUT2D eigenvalue weighted by molar-refractivity contribution is 6.15. The van der Waals surface area contributed by atoms with Crippen molar-refractivity contribution in [3.05, 3.63) is 417 Å². The number of fused-ring (bicyclic) bond motifs is 18. The summed E-state index contributed by atoms with van der Waals surface area (Å²) in [6.07, 6.45) is 14.1. The second kappa shape index (κ2) is 28.7. The minimum atomic E-state index is 0.130. The topological polar surface area (TPSA) is 58.4 Å². The molecular weight excluding hydrogens is 1600 g/mol. The number of benzene rings is 16. The third-order valence-corrected chi connectivity index (χ3v) is 33.2. The highest BCUT2D eigenvalue weighted by Crippen LogP contribution is 2.72. The Morgan fingerprint density at radius 3 is 0.864 bits per heavy atom. The van der Waals surface area contributed by atoms with Crippen LogP contribution in [0.25, 0.3) is 200 Å². The zero-order valence-corrected chi connectivity index (χ0v) is 73.3. The molecule has 0 N–H and O–H groups in total. The Morgan fingerprint density at radius 2 is 0.485 bits per heavy atom. The number of nitrogens with zero attached hydrogens (tertiary/aromatic N) is 7. The van der Waals surface area contributed by atoms with Crippen LogP contribution in [0.5, 0.6) is 0 Å². The predicted octanol–water partition coefficient (Wildman–Crippen LogP) is 31.4. The van der Waals surface area contributed by atoms with Crippen LogP contribution in [-0.4, -0.2) is 33.2 Å². The van der Waals surface area contributed by atoms with Crippen LogP contribution in [0.2, 0.25) is 0 Å². The molecule has 16 aromatic carbocycles. The lowest BCUT2D eigenvalue weighted by Crippen LogP contribution is -2.55. The molecule has 8 bridgehead atoms. The Bertz CT molecular complexity index is 7880. The summed E-state index contributed by atoms with van der Waals surface area (Å²) in [6, 6.07) is 146. The van der Waals surface area contributed by atoms with Crippen molar-refractivity contribution in [1.29, 1.82) is 0 Å². The van der Waals surface area contributed by atoms with Crippen LogP contribution in [0, 0.1) is 47.3 Å². The van der Waals surface area contributed by atoms with Gasteiger partial charge in [0.1, 0.15) is 5.82 Å². The molecule has 0 aliphatic heterocycles. The molecule has 6 aromatic heterocycles. The summed E-state index contributed by atoms with van der Waals surface area (Å²) in [7, 11) is 0. The SMILES string of the molecule is c1ccc(-c2cc(-n3c4ccccc4c4cc(-c5ccc6c(c5)c5ccccc5n6-c5ccc6c(c5)C5(c7ccccc7-6)C6CC7CC(C6)CC5C7)ccc43)cc(-c3ccccc3)n2)cc1.c1ccc(-c2cc(-n3c4ccccc4c4cc(-c5ccc6c(c5)c5ccccc5n6-c5ccc6c(c5)C5(c7ccccc7-6)C6CC7CC(C6)CC5C7)ccc43)nc(-c3ccccc3)n2)cc1. The molecule has 0 saturated heterocycles. The average molecular weight is 1690 g/mol. The van der Waals surface area contributed by atoms with E-state index in [-0.39, 0.29) is 10.8 Å². The number of pyridine rings is 1. The van der Waals surface area contributed by atoms with E-state index in [2.05, 4.69) is 388 Å². The zero-order chi connectivity index (χ0) is 86.2. The first kappa shape index (κ1) is 74.8. The van der Waals surface area contributed by atoms with Gasteiger partial charge in [0.05, 0.1) is 66.9 Å². The molecule has 32 rings (SSSR count). The van der Waals surface area contributed by atoms with Crippen molar-refractivity contribution in [3.63, 3.8) is 0 Å². The van der Waals surface area contributed by atoms with Crippen molar-refractivity contribution in [2.24, 2.45) is 47.3 Å². The first-order chi connectivity index (χ1) is 65.3. The van der Waals surface area contributed by atoms with Crippen molar-refractivity contribution in [2.45, 2.75) is 75.0 Å². The Balaban J connectivity index is 0.000000129. The first-order valence-electron chi connectivity index (χ1n) is 48.1. The second-order valence-electron chi connectivity index (χ2n) is 39.7. The normalized spacial score (nSPS) is 21.4. The van der Waals surface area contributed by atoms with Gasteiger partial charge < -0.3 is 13.7 Å². The second-order valence-corrected chi connectivity index (χ2v) is 39.7. The van der Waals surface area contributed by atoms with E-state index in [0.717, 1.165) is 109 Å². The molecule has 22 aromatic rings. The zero-order valence-electron chi connectivity index (χ0n) is 73.3. The van der Waals surface area contributed by atoms with E-state index in [1.165, 1.54) is 196 Å². The summed E-state index contributed by atoms with van der Waals surface area (Å²) < 4.78 is 9.84. The van der Waals surface area contributed by atoms with Crippen LogP contribution in [-0.2, 0) is 10.8 Å². The summed E-state index contributed by atoms with van der Waals surface area (Å²) in [5.74, 6) is 8.18. The van der Waals surface area contributed by atoms with Gasteiger partial charge in [-0.15, -0.1) is 0 Å². The average Bonchev–Trinajstić information content (AvgIpc) is 1.47. The van der Waals surface area contributed by atoms with Gasteiger partial charge in [0.15, 0.2) is 5.82 Å². The number of para-hydroxylation sites is 4. The molecule has 7 heteroatoms. The van der Waals surface area contributed by atoms with Crippen molar-refractivity contribution in [2.75, 3.05) is 0 Å². The van der Waals surface area contributed by atoms with Gasteiger partial charge in [0.2, 0.25) is 0 Å². The number of hydrogen-bond donors (Lipinski definition) is 0. The maximum absolute atomic E-state index is 5.27. The molecule has 6 heterocycles. The van der Waals surface area contributed by atoms with Gasteiger partial charge >= 0.3 is 0 Å². The highest BCUT2D eigenvalue weighted by Gasteiger charge is 2.63. The highest BCUT2D eigenvalue weighted by atomic mass is 15.1. The molecule has 0 radical (unpaired) electrons. The quantitative estimate of drug-likeness (QED) is 0.137. The van der Waals surface area contributed by atoms with Gasteiger partial charge in [-0.2, -0.15) is 0 Å². The fourth-order valence-electron chi connectivity index (χ4n) is 28.4. The lowest BCUT2D eigenvalue weighted by atomic mass is 9.43. The molecular formula is C125H93N7. The molecule has 2 spiro atoms. The van der Waals surface area contributed by atoms with Crippen molar-refractivity contribution < 1.29 is 0 Å². The molecule has 628 valence electrons. The number of aromatic nitrogens is 7. The third kappa shape index (κ3) is 11.0. The molecule has 132 heavy (non-hydrogen) atoms. The van der Waals surface area contributed by atoms with E-state index in [1.807, 2.05) is 24.3 Å². The van der Waals surface area contributed by atoms with Gasteiger partial charge in [-0.1, -0.05) is 279 Å². The Labute approximate surface area is 766 Å². The van der Waals surface area contributed by atoms with Crippen molar-refractivity contribution >= 4 is 87.2 Å². The monoisotopic (exact) mass is 1690 g/mol. The predicted molar refractivity (Wildman–Crippen MR) is 543 cm³/mol. The number of rotatable bonds is 10. The van der Waals surface area contributed by atoms with Crippen LogP contribution < -0.4 is 0 Å². The smallest absolute Gasteiger partial charge is 0.162 e. The minimum absolute atomic E-state index is 0.130. The first-order valence-corrected chi connectivity index (χ1v) is 48.1. The molecule has 10 aliphatic carbocycles. The minimum Gasteiger partial charge on any atom is -0.309 e. The van der Waals surface area contributed by atoms with E-state index in [1.54, 1.807) is 22.3 Å². The maximum Gasteiger partial charge on any atom is 0.162 e. The van der Waals surface area contributed by atoms with Gasteiger partial charge in [0, 0.05) is 93.6 Å². The largest absolute Gasteiger partial charge is 0.309 e. The van der Waals surface area contributed by atoms with E-state index in [9.17, 15) is 0 Å². The van der Waals surface area contributed by atoms with Gasteiger partial charge in [-0.05, 0) is 288 Å².